The molecule has 1 aromatic rings. The first kappa shape index (κ1) is 14.3. The van der Waals surface area contributed by atoms with Crippen molar-refractivity contribution in [3.05, 3.63) is 29.3 Å². The van der Waals surface area contributed by atoms with Gasteiger partial charge in [0, 0.05) is 5.56 Å². The van der Waals surface area contributed by atoms with Gasteiger partial charge in [-0.2, -0.15) is 4.39 Å². The van der Waals surface area contributed by atoms with Gasteiger partial charge in [0.25, 0.3) is 0 Å². The Kier molecular flexibility index (Phi) is 4.57. The topological polar surface area (TPSA) is 87.0 Å². The van der Waals surface area contributed by atoms with Crippen molar-refractivity contribution in [3.8, 4) is 5.75 Å². The summed E-state index contributed by atoms with van der Waals surface area (Å²) in [5.41, 5.74) is -0.554. The summed E-state index contributed by atoms with van der Waals surface area (Å²) in [6, 6.07) is 1.75. The van der Waals surface area contributed by atoms with Gasteiger partial charge < -0.3 is 20.1 Å². The monoisotopic (exact) mass is 262 g/mol. The number of carbonyl (C=O) groups excluding carboxylic acids is 1. The molecule has 100 valence electrons. The molecule has 0 spiro atoms. The molecular weight excluding hydrogens is 250 g/mol. The van der Waals surface area contributed by atoms with Crippen LogP contribution in [0.15, 0.2) is 12.1 Å². The normalized spacial score (nSPS) is 14.1. The largest absolute Gasteiger partial charge is 0.505 e. The van der Waals surface area contributed by atoms with E-state index in [-0.39, 0.29) is 0 Å². The summed E-state index contributed by atoms with van der Waals surface area (Å²) >= 11 is 0. The van der Waals surface area contributed by atoms with Crippen molar-refractivity contribution < 1.29 is 33.6 Å². The number of aliphatic hydroxyl groups is 2. The highest BCUT2D eigenvalue weighted by molar-refractivity contribution is 5.69. The molecule has 0 fully saturated rings. The van der Waals surface area contributed by atoms with Crippen molar-refractivity contribution in [2.75, 3.05) is 7.11 Å². The molecule has 0 saturated heterocycles. The molecule has 0 bridgehead atoms. The third-order valence-corrected chi connectivity index (χ3v) is 2.38. The molecule has 0 aliphatic heterocycles. The average molecular weight is 262 g/mol. The number of phenolic OH excluding ortho intramolecular Hbond substituents is 1. The molecule has 5 nitrogen and oxygen atoms in total. The van der Waals surface area contributed by atoms with Crippen LogP contribution < -0.4 is 0 Å². The number of phenols is 1. The molecule has 0 aliphatic carbocycles. The van der Waals surface area contributed by atoms with Crippen molar-refractivity contribution in [2.24, 2.45) is 0 Å². The Morgan fingerprint density at radius 1 is 1.33 bits per heavy atom. The number of rotatable bonds is 4. The van der Waals surface area contributed by atoms with Gasteiger partial charge in [-0.25, -0.2) is 4.39 Å². The SMILES string of the molecule is COC(=O)CC(O)C(O)c1ccc(O)c(F)c1F. The first-order valence-corrected chi connectivity index (χ1v) is 4.98. The highest BCUT2D eigenvalue weighted by atomic mass is 19.2. The van der Waals surface area contributed by atoms with Crippen LogP contribution in [0, 0.1) is 11.6 Å². The number of hydrogen-bond donors (Lipinski definition) is 3. The lowest BCUT2D eigenvalue weighted by Crippen LogP contribution is -2.23. The van der Waals surface area contributed by atoms with Crippen LogP contribution in [0.25, 0.3) is 0 Å². The lowest BCUT2D eigenvalue weighted by molar-refractivity contribution is -0.144. The van der Waals surface area contributed by atoms with Gasteiger partial charge >= 0.3 is 5.97 Å². The summed E-state index contributed by atoms with van der Waals surface area (Å²) in [4.78, 5) is 10.9. The summed E-state index contributed by atoms with van der Waals surface area (Å²) in [6.45, 7) is 0. The molecule has 2 unspecified atom stereocenters. The molecule has 3 N–H and O–H groups in total. The van der Waals surface area contributed by atoms with Crippen LogP contribution in [0.1, 0.15) is 18.1 Å². The van der Waals surface area contributed by atoms with Crippen molar-refractivity contribution in [1.29, 1.82) is 0 Å². The Balaban J connectivity index is 2.93. The van der Waals surface area contributed by atoms with E-state index in [9.17, 15) is 23.8 Å². The van der Waals surface area contributed by atoms with E-state index in [1.807, 2.05) is 0 Å². The van der Waals surface area contributed by atoms with Crippen LogP contribution in [-0.4, -0.2) is 34.5 Å². The highest BCUT2D eigenvalue weighted by Gasteiger charge is 2.26. The van der Waals surface area contributed by atoms with Gasteiger partial charge in [-0.15, -0.1) is 0 Å². The predicted molar refractivity (Wildman–Crippen MR) is 55.6 cm³/mol. The fraction of sp³-hybridized carbons (Fsp3) is 0.364. The number of aromatic hydroxyl groups is 1. The van der Waals surface area contributed by atoms with Crippen molar-refractivity contribution in [1.82, 2.24) is 0 Å². The minimum absolute atomic E-state index is 0.554. The van der Waals surface area contributed by atoms with Gasteiger partial charge in [0.2, 0.25) is 5.82 Å². The summed E-state index contributed by atoms with van der Waals surface area (Å²) in [5.74, 6) is -4.73. The zero-order valence-electron chi connectivity index (χ0n) is 9.43. The molecule has 1 rings (SSSR count). The summed E-state index contributed by atoms with van der Waals surface area (Å²) < 4.78 is 30.7. The van der Waals surface area contributed by atoms with Gasteiger partial charge in [0.1, 0.15) is 6.10 Å². The van der Waals surface area contributed by atoms with Gasteiger partial charge in [-0.1, -0.05) is 0 Å². The summed E-state index contributed by atoms with van der Waals surface area (Å²) in [6.07, 6.45) is -4.02. The van der Waals surface area contributed by atoms with Gasteiger partial charge in [-0.05, 0) is 12.1 Å². The Morgan fingerprint density at radius 2 is 1.94 bits per heavy atom. The van der Waals surface area contributed by atoms with Crippen molar-refractivity contribution in [3.63, 3.8) is 0 Å². The third-order valence-electron chi connectivity index (χ3n) is 2.38. The molecule has 0 heterocycles. The smallest absolute Gasteiger partial charge is 0.308 e. The fourth-order valence-electron chi connectivity index (χ4n) is 1.36. The van der Waals surface area contributed by atoms with Gasteiger partial charge in [-0.3, -0.25) is 4.79 Å². The third kappa shape index (κ3) is 2.93. The maximum Gasteiger partial charge on any atom is 0.308 e. The van der Waals surface area contributed by atoms with E-state index in [0.29, 0.717) is 0 Å². The zero-order valence-corrected chi connectivity index (χ0v) is 9.43. The minimum Gasteiger partial charge on any atom is -0.505 e. The molecule has 1 aromatic carbocycles. The summed E-state index contributed by atoms with van der Waals surface area (Å²) in [5, 5.41) is 27.9. The number of benzene rings is 1. The molecule has 7 heteroatoms. The van der Waals surface area contributed by atoms with Crippen LogP contribution in [0.2, 0.25) is 0 Å². The molecule has 2 atom stereocenters. The zero-order chi connectivity index (χ0) is 13.9. The van der Waals surface area contributed by atoms with Crippen LogP contribution in [0.4, 0.5) is 8.78 Å². The van der Waals surface area contributed by atoms with E-state index in [1.54, 1.807) is 0 Å². The molecule has 0 aromatic heterocycles. The number of halogens is 2. The van der Waals surface area contributed by atoms with E-state index in [1.165, 1.54) is 0 Å². The van der Waals surface area contributed by atoms with E-state index in [2.05, 4.69) is 4.74 Å². The first-order chi connectivity index (χ1) is 8.38. The van der Waals surface area contributed by atoms with Crippen LogP contribution >= 0.6 is 0 Å². The second-order valence-corrected chi connectivity index (χ2v) is 3.59. The van der Waals surface area contributed by atoms with Crippen molar-refractivity contribution in [2.45, 2.75) is 18.6 Å². The van der Waals surface area contributed by atoms with E-state index in [4.69, 9.17) is 5.11 Å². The van der Waals surface area contributed by atoms with Crippen LogP contribution in [-0.2, 0) is 9.53 Å². The number of methoxy groups -OCH3 is 1. The highest BCUT2D eigenvalue weighted by Crippen LogP contribution is 2.28. The van der Waals surface area contributed by atoms with E-state index < -0.39 is 47.5 Å². The van der Waals surface area contributed by atoms with Crippen molar-refractivity contribution >= 4 is 5.97 Å². The number of esters is 1. The maximum absolute atomic E-state index is 13.4. The maximum atomic E-state index is 13.4. The number of aliphatic hydroxyl groups excluding tert-OH is 2. The molecule has 18 heavy (non-hydrogen) atoms. The molecule has 0 saturated carbocycles. The molecule has 0 amide bonds. The number of hydrogen-bond acceptors (Lipinski definition) is 5. The van der Waals surface area contributed by atoms with Crippen LogP contribution in [0.5, 0.6) is 5.75 Å². The standard InChI is InChI=1S/C11H12F2O5/c1-18-8(16)4-7(15)11(17)5-2-3-6(14)10(13)9(5)12/h2-3,7,11,14-15,17H,4H2,1H3. The van der Waals surface area contributed by atoms with E-state index >= 15 is 0 Å². The van der Waals surface area contributed by atoms with E-state index in [0.717, 1.165) is 19.2 Å². The lowest BCUT2D eigenvalue weighted by atomic mass is 10.0. The Morgan fingerprint density at radius 3 is 2.50 bits per heavy atom. The molecule has 0 aliphatic rings. The first-order valence-electron chi connectivity index (χ1n) is 4.98. The predicted octanol–water partition coefficient (Wildman–Crippen LogP) is 0.628. The van der Waals surface area contributed by atoms with Gasteiger partial charge in [0.15, 0.2) is 11.6 Å². The van der Waals surface area contributed by atoms with Gasteiger partial charge in [0.05, 0.1) is 19.6 Å². The quantitative estimate of drug-likeness (QED) is 0.693. The minimum atomic E-state index is -1.81. The lowest BCUT2D eigenvalue weighted by Gasteiger charge is -2.18. The second-order valence-electron chi connectivity index (χ2n) is 3.59. The number of carbonyl (C=O) groups is 1. The Bertz CT molecular complexity index is 449. The fourth-order valence-corrected chi connectivity index (χ4v) is 1.36. The Labute approximate surface area is 101 Å². The van der Waals surface area contributed by atoms with Crippen LogP contribution in [0.3, 0.4) is 0 Å². The average Bonchev–Trinajstić information content (AvgIpc) is 2.35. The summed E-state index contributed by atoms with van der Waals surface area (Å²) in [7, 11) is 1.09. The second kappa shape index (κ2) is 5.74. The Hall–Kier alpha value is -1.73. The molecular formula is C11H12F2O5. The molecule has 0 radical (unpaired) electrons. The number of ether oxygens (including phenoxy) is 1.